The molecule has 1 aromatic heterocycles. The van der Waals surface area contributed by atoms with Crippen LogP contribution in [0, 0.1) is 19.8 Å². The van der Waals surface area contributed by atoms with E-state index in [1.54, 1.807) is 20.8 Å². The largest absolute Gasteiger partial charge is 0.462 e. The molecule has 0 bridgehead atoms. The normalized spacial score (nSPS) is 10.4. The van der Waals surface area contributed by atoms with E-state index in [0.29, 0.717) is 17.2 Å². The Kier molecular flexibility index (Phi) is 6.29. The quantitative estimate of drug-likeness (QED) is 0.657. The third kappa shape index (κ3) is 4.50. The molecule has 0 aliphatic heterocycles. The lowest BCUT2D eigenvalue weighted by Gasteiger charge is -2.11. The third-order valence-corrected chi connectivity index (χ3v) is 4.18. The molecule has 0 unspecified atom stereocenters. The number of esters is 1. The summed E-state index contributed by atoms with van der Waals surface area (Å²) in [5, 5.41) is 6.28. The number of thiophene rings is 1. The van der Waals surface area contributed by atoms with E-state index in [4.69, 9.17) is 17.0 Å². The number of rotatable bonds is 4. The van der Waals surface area contributed by atoms with Gasteiger partial charge in [0.1, 0.15) is 5.00 Å². The number of carbonyl (C=O) groups is 2. The van der Waals surface area contributed by atoms with Gasteiger partial charge in [-0.15, -0.1) is 11.3 Å². The molecular formula is C14H20N2O3S2. The van der Waals surface area contributed by atoms with Crippen molar-refractivity contribution in [2.24, 2.45) is 5.92 Å². The molecule has 2 N–H and O–H groups in total. The molecule has 0 aliphatic rings. The molecule has 1 heterocycles. The zero-order valence-corrected chi connectivity index (χ0v) is 14.5. The van der Waals surface area contributed by atoms with Crippen molar-refractivity contribution in [3.8, 4) is 0 Å². The first-order valence-electron chi connectivity index (χ1n) is 6.66. The summed E-state index contributed by atoms with van der Waals surface area (Å²) in [7, 11) is 0. The minimum atomic E-state index is -0.389. The predicted molar refractivity (Wildman–Crippen MR) is 89.0 cm³/mol. The number of thiocarbonyl (C=S) groups is 1. The number of anilines is 1. The zero-order chi connectivity index (χ0) is 16.2. The van der Waals surface area contributed by atoms with E-state index < -0.39 is 0 Å². The van der Waals surface area contributed by atoms with E-state index in [2.05, 4.69) is 10.6 Å². The second-order valence-corrected chi connectivity index (χ2v) is 6.44. The van der Waals surface area contributed by atoms with E-state index in [9.17, 15) is 9.59 Å². The molecule has 0 spiro atoms. The van der Waals surface area contributed by atoms with Crippen LogP contribution in [0.15, 0.2) is 0 Å². The molecule has 21 heavy (non-hydrogen) atoms. The van der Waals surface area contributed by atoms with Crippen molar-refractivity contribution in [2.45, 2.75) is 34.6 Å². The minimum absolute atomic E-state index is 0.166. The molecule has 0 atom stereocenters. The maximum absolute atomic E-state index is 12.0. The Balaban J connectivity index is 2.93. The molecule has 0 radical (unpaired) electrons. The molecule has 1 aromatic rings. The van der Waals surface area contributed by atoms with Gasteiger partial charge in [0.05, 0.1) is 12.2 Å². The highest BCUT2D eigenvalue weighted by atomic mass is 32.1. The van der Waals surface area contributed by atoms with Crippen LogP contribution in [0.4, 0.5) is 5.00 Å². The minimum Gasteiger partial charge on any atom is -0.462 e. The van der Waals surface area contributed by atoms with Crippen molar-refractivity contribution in [2.75, 3.05) is 11.9 Å². The standard InChI is InChI=1S/C14H20N2O3S2/c1-6-19-13(18)10-8(4)9(5)21-12(10)16-14(20)15-11(17)7(2)3/h7H,6H2,1-5H3,(H2,15,16,17,20). The fraction of sp³-hybridized carbons (Fsp3) is 0.500. The highest BCUT2D eigenvalue weighted by Crippen LogP contribution is 2.32. The van der Waals surface area contributed by atoms with Gasteiger partial charge in [0, 0.05) is 10.8 Å². The number of amides is 1. The molecule has 0 aromatic carbocycles. The van der Waals surface area contributed by atoms with Crippen LogP contribution in [0.5, 0.6) is 0 Å². The molecule has 1 amide bonds. The fourth-order valence-electron chi connectivity index (χ4n) is 1.55. The first-order chi connectivity index (χ1) is 9.77. The molecule has 1 rings (SSSR count). The van der Waals surface area contributed by atoms with Gasteiger partial charge in [-0.05, 0) is 38.6 Å². The Morgan fingerprint density at radius 3 is 2.48 bits per heavy atom. The van der Waals surface area contributed by atoms with Gasteiger partial charge in [-0.3, -0.25) is 4.79 Å². The summed E-state index contributed by atoms with van der Waals surface area (Å²) < 4.78 is 5.06. The number of carbonyl (C=O) groups excluding carboxylic acids is 2. The van der Waals surface area contributed by atoms with E-state index in [1.165, 1.54) is 11.3 Å². The smallest absolute Gasteiger partial charge is 0.341 e. The summed E-state index contributed by atoms with van der Waals surface area (Å²) in [6.07, 6.45) is 0. The average Bonchev–Trinajstić information content (AvgIpc) is 2.64. The lowest BCUT2D eigenvalue weighted by molar-refractivity contribution is -0.122. The van der Waals surface area contributed by atoms with E-state index in [-0.39, 0.29) is 22.9 Å². The lowest BCUT2D eigenvalue weighted by Crippen LogP contribution is -2.36. The van der Waals surface area contributed by atoms with Crippen LogP contribution in [0.25, 0.3) is 0 Å². The molecule has 0 saturated carbocycles. The van der Waals surface area contributed by atoms with Crippen LogP contribution in [-0.2, 0) is 9.53 Å². The van der Waals surface area contributed by atoms with Crippen molar-refractivity contribution in [3.63, 3.8) is 0 Å². The second-order valence-electron chi connectivity index (χ2n) is 4.81. The van der Waals surface area contributed by atoms with Gasteiger partial charge in [-0.2, -0.15) is 0 Å². The molecule has 0 aliphatic carbocycles. The Morgan fingerprint density at radius 1 is 1.33 bits per heavy atom. The summed E-state index contributed by atoms with van der Waals surface area (Å²) in [5.41, 5.74) is 1.33. The fourth-order valence-corrected chi connectivity index (χ4v) is 2.87. The Labute approximate surface area is 134 Å². The van der Waals surface area contributed by atoms with Crippen LogP contribution in [0.2, 0.25) is 0 Å². The lowest BCUT2D eigenvalue weighted by atomic mass is 10.1. The second kappa shape index (κ2) is 7.51. The average molecular weight is 328 g/mol. The van der Waals surface area contributed by atoms with Gasteiger partial charge in [-0.25, -0.2) is 4.79 Å². The maximum Gasteiger partial charge on any atom is 0.341 e. The SMILES string of the molecule is CCOC(=O)c1c(NC(=S)NC(=O)C(C)C)sc(C)c1C. The van der Waals surface area contributed by atoms with E-state index in [0.717, 1.165) is 10.4 Å². The molecule has 0 saturated heterocycles. The number of hydrogen-bond acceptors (Lipinski definition) is 5. The summed E-state index contributed by atoms with van der Waals surface area (Å²) >= 11 is 6.51. The zero-order valence-electron chi connectivity index (χ0n) is 12.8. The third-order valence-electron chi connectivity index (χ3n) is 2.85. The first-order valence-corrected chi connectivity index (χ1v) is 7.89. The van der Waals surface area contributed by atoms with Gasteiger partial charge >= 0.3 is 5.97 Å². The monoisotopic (exact) mass is 328 g/mol. The van der Waals surface area contributed by atoms with Gasteiger partial charge in [0.25, 0.3) is 0 Å². The van der Waals surface area contributed by atoms with Crippen molar-refractivity contribution in [1.82, 2.24) is 5.32 Å². The topological polar surface area (TPSA) is 67.4 Å². The van der Waals surface area contributed by atoms with Crippen molar-refractivity contribution >= 4 is 45.5 Å². The highest BCUT2D eigenvalue weighted by Gasteiger charge is 2.21. The predicted octanol–water partition coefficient (Wildman–Crippen LogP) is 3.01. The number of ether oxygens (including phenoxy) is 1. The number of hydrogen-bond donors (Lipinski definition) is 2. The molecule has 0 fully saturated rings. The van der Waals surface area contributed by atoms with Crippen molar-refractivity contribution in [3.05, 3.63) is 16.0 Å². The van der Waals surface area contributed by atoms with Crippen molar-refractivity contribution < 1.29 is 14.3 Å². The summed E-state index contributed by atoms with van der Waals surface area (Å²) in [5.74, 6) is -0.726. The van der Waals surface area contributed by atoms with Crippen LogP contribution in [-0.4, -0.2) is 23.6 Å². The van der Waals surface area contributed by atoms with E-state index in [1.807, 2.05) is 13.8 Å². The molecular weight excluding hydrogens is 308 g/mol. The van der Waals surface area contributed by atoms with E-state index >= 15 is 0 Å². The first kappa shape index (κ1) is 17.6. The van der Waals surface area contributed by atoms with Crippen LogP contribution in [0.3, 0.4) is 0 Å². The highest BCUT2D eigenvalue weighted by molar-refractivity contribution is 7.80. The molecule has 7 heteroatoms. The summed E-state index contributed by atoms with van der Waals surface area (Å²) in [6, 6.07) is 0. The Bertz CT molecular complexity index is 565. The van der Waals surface area contributed by atoms with Crippen molar-refractivity contribution in [1.29, 1.82) is 0 Å². The Morgan fingerprint density at radius 2 is 1.95 bits per heavy atom. The van der Waals surface area contributed by atoms with Gasteiger partial charge < -0.3 is 15.4 Å². The summed E-state index contributed by atoms with van der Waals surface area (Å²) in [4.78, 5) is 24.6. The van der Waals surface area contributed by atoms with Gasteiger partial charge in [-0.1, -0.05) is 13.8 Å². The van der Waals surface area contributed by atoms with Crippen LogP contribution in [0.1, 0.15) is 41.6 Å². The van der Waals surface area contributed by atoms with Gasteiger partial charge in [0.15, 0.2) is 5.11 Å². The maximum atomic E-state index is 12.0. The molecule has 5 nitrogen and oxygen atoms in total. The molecule has 116 valence electrons. The Hall–Kier alpha value is -1.47. The van der Waals surface area contributed by atoms with Crippen LogP contribution >= 0.6 is 23.6 Å². The van der Waals surface area contributed by atoms with Crippen LogP contribution < -0.4 is 10.6 Å². The van der Waals surface area contributed by atoms with Gasteiger partial charge in [0.2, 0.25) is 5.91 Å². The number of nitrogens with one attached hydrogen (secondary N) is 2. The summed E-state index contributed by atoms with van der Waals surface area (Å²) in [6.45, 7) is 9.40. The number of aryl methyl sites for hydroxylation is 1.